The summed E-state index contributed by atoms with van der Waals surface area (Å²) in [6, 6.07) is 6.93. The van der Waals surface area contributed by atoms with E-state index in [9.17, 15) is 13.2 Å². The van der Waals surface area contributed by atoms with E-state index in [1.807, 2.05) is 12.1 Å². The Balaban J connectivity index is 2.61. The maximum Gasteiger partial charge on any atom is 0.422 e. The number of alkyl halides is 3. The van der Waals surface area contributed by atoms with Crippen LogP contribution in [0.3, 0.4) is 0 Å². The van der Waals surface area contributed by atoms with Gasteiger partial charge in [-0.25, -0.2) is 0 Å². The Kier molecular flexibility index (Phi) is 5.51. The van der Waals surface area contributed by atoms with E-state index in [1.54, 1.807) is 12.1 Å². The smallest absolute Gasteiger partial charge is 0.422 e. The summed E-state index contributed by atoms with van der Waals surface area (Å²) in [6.07, 6.45) is -1.05. The number of rotatable bonds is 6. The Labute approximate surface area is 106 Å². The third-order valence-electron chi connectivity index (χ3n) is 2.88. The van der Waals surface area contributed by atoms with Crippen LogP contribution in [0.1, 0.15) is 44.6 Å². The molecule has 1 unspecified atom stereocenters. The van der Waals surface area contributed by atoms with Gasteiger partial charge in [0.15, 0.2) is 6.61 Å². The molecule has 0 aliphatic rings. The predicted octanol–water partition coefficient (Wildman–Crippen LogP) is 4.92. The van der Waals surface area contributed by atoms with Crippen LogP contribution in [0.5, 0.6) is 5.75 Å². The lowest BCUT2D eigenvalue weighted by atomic mass is 9.92. The molecular weight excluding hydrogens is 241 g/mol. The summed E-state index contributed by atoms with van der Waals surface area (Å²) in [5.74, 6) is 0.745. The first-order valence-electron chi connectivity index (χ1n) is 6.25. The summed E-state index contributed by atoms with van der Waals surface area (Å²) in [7, 11) is 0. The Morgan fingerprint density at radius 2 is 1.72 bits per heavy atom. The van der Waals surface area contributed by atoms with Crippen molar-refractivity contribution in [2.45, 2.75) is 45.2 Å². The van der Waals surface area contributed by atoms with Crippen LogP contribution in [-0.2, 0) is 0 Å². The Morgan fingerprint density at radius 1 is 1.11 bits per heavy atom. The summed E-state index contributed by atoms with van der Waals surface area (Å²) in [6.45, 7) is 3.01. The molecule has 1 aromatic rings. The maximum absolute atomic E-state index is 12.0. The van der Waals surface area contributed by atoms with Gasteiger partial charge in [0.25, 0.3) is 0 Å². The van der Waals surface area contributed by atoms with Crippen LogP contribution in [0.25, 0.3) is 0 Å². The highest BCUT2D eigenvalue weighted by Crippen LogP contribution is 2.27. The zero-order chi connectivity index (χ0) is 13.6. The van der Waals surface area contributed by atoms with Crippen LogP contribution >= 0.6 is 0 Å². The first kappa shape index (κ1) is 14.9. The Bertz CT molecular complexity index is 343. The molecule has 1 nitrogen and oxygen atoms in total. The molecule has 0 radical (unpaired) electrons. The standard InChI is InChI=1S/C14H19F3O/c1-3-5-11(4-2)12-6-8-13(9-7-12)18-10-14(15,16)17/h6-9,11H,3-5,10H2,1-2H3. The molecule has 0 saturated heterocycles. The second-order valence-corrected chi connectivity index (χ2v) is 4.37. The molecule has 102 valence electrons. The van der Waals surface area contributed by atoms with Crippen molar-refractivity contribution in [2.24, 2.45) is 0 Å². The number of benzene rings is 1. The van der Waals surface area contributed by atoms with Gasteiger partial charge in [-0.1, -0.05) is 32.4 Å². The van der Waals surface area contributed by atoms with E-state index in [0.29, 0.717) is 5.92 Å². The summed E-state index contributed by atoms with van der Waals surface area (Å²) in [4.78, 5) is 0. The van der Waals surface area contributed by atoms with Gasteiger partial charge < -0.3 is 4.74 Å². The molecule has 0 aromatic heterocycles. The fourth-order valence-electron chi connectivity index (χ4n) is 1.96. The zero-order valence-electron chi connectivity index (χ0n) is 10.8. The van der Waals surface area contributed by atoms with Gasteiger partial charge >= 0.3 is 6.18 Å². The van der Waals surface area contributed by atoms with Gasteiger partial charge in [-0.3, -0.25) is 0 Å². The lowest BCUT2D eigenvalue weighted by Gasteiger charge is -2.15. The fourth-order valence-corrected chi connectivity index (χ4v) is 1.96. The highest BCUT2D eigenvalue weighted by Gasteiger charge is 2.28. The summed E-state index contributed by atoms with van der Waals surface area (Å²) < 4.78 is 40.6. The topological polar surface area (TPSA) is 9.23 Å². The minimum absolute atomic E-state index is 0.266. The lowest BCUT2D eigenvalue weighted by molar-refractivity contribution is -0.153. The third-order valence-corrected chi connectivity index (χ3v) is 2.88. The van der Waals surface area contributed by atoms with Gasteiger partial charge in [-0.05, 0) is 36.5 Å². The van der Waals surface area contributed by atoms with Gasteiger partial charge in [0.2, 0.25) is 0 Å². The largest absolute Gasteiger partial charge is 0.484 e. The molecule has 4 heteroatoms. The number of hydrogen-bond donors (Lipinski definition) is 0. The molecule has 0 N–H and O–H groups in total. The van der Waals surface area contributed by atoms with Crippen LogP contribution in [0.4, 0.5) is 13.2 Å². The molecule has 0 saturated carbocycles. The zero-order valence-corrected chi connectivity index (χ0v) is 10.8. The summed E-state index contributed by atoms with van der Waals surface area (Å²) in [5, 5.41) is 0. The molecular formula is C14H19F3O. The minimum atomic E-state index is -4.28. The maximum atomic E-state index is 12.0. The van der Waals surface area contributed by atoms with Crippen LogP contribution < -0.4 is 4.74 Å². The average molecular weight is 260 g/mol. The quantitative estimate of drug-likeness (QED) is 0.705. The summed E-state index contributed by atoms with van der Waals surface area (Å²) in [5.41, 5.74) is 1.17. The molecule has 18 heavy (non-hydrogen) atoms. The molecule has 1 atom stereocenters. The first-order chi connectivity index (χ1) is 8.46. The van der Waals surface area contributed by atoms with Crippen molar-refractivity contribution >= 4 is 0 Å². The van der Waals surface area contributed by atoms with Crippen molar-refractivity contribution in [3.63, 3.8) is 0 Å². The van der Waals surface area contributed by atoms with E-state index < -0.39 is 12.8 Å². The van der Waals surface area contributed by atoms with E-state index in [4.69, 9.17) is 0 Å². The number of ether oxygens (including phenoxy) is 1. The third kappa shape index (κ3) is 4.98. The van der Waals surface area contributed by atoms with Gasteiger partial charge in [0, 0.05) is 0 Å². The van der Waals surface area contributed by atoms with E-state index >= 15 is 0 Å². The van der Waals surface area contributed by atoms with Crippen molar-refractivity contribution in [1.29, 1.82) is 0 Å². The second kappa shape index (κ2) is 6.66. The van der Waals surface area contributed by atoms with Crippen molar-refractivity contribution in [2.75, 3.05) is 6.61 Å². The van der Waals surface area contributed by atoms with Crippen LogP contribution in [-0.4, -0.2) is 12.8 Å². The van der Waals surface area contributed by atoms with E-state index in [1.165, 1.54) is 5.56 Å². The molecule has 0 aliphatic carbocycles. The van der Waals surface area contributed by atoms with E-state index in [-0.39, 0.29) is 5.75 Å². The predicted molar refractivity (Wildman–Crippen MR) is 65.9 cm³/mol. The van der Waals surface area contributed by atoms with Crippen molar-refractivity contribution in [3.8, 4) is 5.75 Å². The van der Waals surface area contributed by atoms with E-state index in [2.05, 4.69) is 18.6 Å². The van der Waals surface area contributed by atoms with Gasteiger partial charge in [-0.2, -0.15) is 13.2 Å². The SMILES string of the molecule is CCCC(CC)c1ccc(OCC(F)(F)F)cc1. The lowest BCUT2D eigenvalue weighted by Crippen LogP contribution is -2.19. The molecule has 0 bridgehead atoms. The summed E-state index contributed by atoms with van der Waals surface area (Å²) >= 11 is 0. The van der Waals surface area contributed by atoms with Crippen molar-refractivity contribution in [1.82, 2.24) is 0 Å². The second-order valence-electron chi connectivity index (χ2n) is 4.37. The van der Waals surface area contributed by atoms with Gasteiger partial charge in [0.05, 0.1) is 0 Å². The highest BCUT2D eigenvalue weighted by molar-refractivity contribution is 5.29. The Hall–Kier alpha value is -1.19. The van der Waals surface area contributed by atoms with Crippen molar-refractivity contribution < 1.29 is 17.9 Å². The van der Waals surface area contributed by atoms with Crippen LogP contribution in [0.15, 0.2) is 24.3 Å². The molecule has 1 rings (SSSR count). The highest BCUT2D eigenvalue weighted by atomic mass is 19.4. The molecule has 1 aromatic carbocycles. The molecule has 0 heterocycles. The van der Waals surface area contributed by atoms with E-state index in [0.717, 1.165) is 19.3 Å². The van der Waals surface area contributed by atoms with Gasteiger partial charge in [0.1, 0.15) is 5.75 Å². The monoisotopic (exact) mass is 260 g/mol. The number of halogens is 3. The fraction of sp³-hybridized carbons (Fsp3) is 0.571. The number of hydrogen-bond acceptors (Lipinski definition) is 1. The van der Waals surface area contributed by atoms with Crippen LogP contribution in [0, 0.1) is 0 Å². The average Bonchev–Trinajstić information content (AvgIpc) is 2.33. The molecule has 0 amide bonds. The molecule has 0 spiro atoms. The van der Waals surface area contributed by atoms with Gasteiger partial charge in [-0.15, -0.1) is 0 Å². The Morgan fingerprint density at radius 3 is 2.17 bits per heavy atom. The normalized spacial score (nSPS) is 13.4. The van der Waals surface area contributed by atoms with Crippen molar-refractivity contribution in [3.05, 3.63) is 29.8 Å². The first-order valence-corrected chi connectivity index (χ1v) is 6.25. The molecule has 0 aliphatic heterocycles. The molecule has 0 fully saturated rings. The van der Waals surface area contributed by atoms with Crippen LogP contribution in [0.2, 0.25) is 0 Å². The minimum Gasteiger partial charge on any atom is -0.484 e.